The van der Waals surface area contributed by atoms with E-state index >= 15 is 0 Å². The molecule has 1 unspecified atom stereocenters. The lowest BCUT2D eigenvalue weighted by atomic mass is 10.0. The van der Waals surface area contributed by atoms with Crippen LogP contribution in [0.15, 0.2) is 53.4 Å². The Morgan fingerprint density at radius 2 is 1.87 bits per heavy atom. The number of amides is 3. The van der Waals surface area contributed by atoms with Crippen molar-refractivity contribution >= 4 is 40.9 Å². The molecular weight excluding hydrogens is 412 g/mol. The molecule has 4 rings (SSSR count). The van der Waals surface area contributed by atoms with Gasteiger partial charge in [-0.05, 0) is 55.0 Å². The van der Waals surface area contributed by atoms with Crippen LogP contribution in [-0.4, -0.2) is 43.6 Å². The van der Waals surface area contributed by atoms with Crippen molar-refractivity contribution in [2.24, 2.45) is 5.92 Å². The first-order chi connectivity index (χ1) is 15.0. The first kappa shape index (κ1) is 21.2. The van der Waals surface area contributed by atoms with Gasteiger partial charge < -0.3 is 9.80 Å². The number of hydrogen-bond acceptors (Lipinski definition) is 5. The van der Waals surface area contributed by atoms with E-state index in [9.17, 15) is 14.4 Å². The van der Waals surface area contributed by atoms with E-state index in [1.165, 1.54) is 5.56 Å². The molecule has 0 saturated carbocycles. The van der Waals surface area contributed by atoms with Crippen molar-refractivity contribution in [3.05, 3.63) is 54.1 Å². The van der Waals surface area contributed by atoms with Gasteiger partial charge in [0.1, 0.15) is 0 Å². The summed E-state index contributed by atoms with van der Waals surface area (Å²) in [4.78, 5) is 42.1. The number of benzene rings is 2. The van der Waals surface area contributed by atoms with E-state index in [2.05, 4.69) is 16.9 Å². The number of hydrogen-bond donors (Lipinski definition) is 2. The van der Waals surface area contributed by atoms with Crippen molar-refractivity contribution in [3.8, 4) is 0 Å². The number of fused-ring (bicyclic) bond motifs is 1. The standard InChI is InChI=1S/C23H26N4O3S/c1-31-19-10-8-18(9-11-19)27-14-17(13-22(27)29)23(30)25-24-21(28)15-26-12-4-6-16-5-2-3-7-20(16)26/h2-3,5,7-11,17H,4,6,12-15H2,1H3,(H,24,28)(H,25,30). The van der Waals surface area contributed by atoms with E-state index in [0.29, 0.717) is 6.54 Å². The molecule has 2 aliphatic rings. The van der Waals surface area contributed by atoms with Crippen LogP contribution in [0.3, 0.4) is 0 Å². The number of para-hydroxylation sites is 1. The fourth-order valence-corrected chi connectivity index (χ4v) is 4.53. The van der Waals surface area contributed by atoms with Gasteiger partial charge in [-0.3, -0.25) is 25.2 Å². The smallest absolute Gasteiger partial charge is 0.257 e. The highest BCUT2D eigenvalue weighted by Gasteiger charge is 2.35. The molecule has 1 atom stereocenters. The van der Waals surface area contributed by atoms with Crippen LogP contribution in [0.4, 0.5) is 11.4 Å². The molecule has 1 saturated heterocycles. The fourth-order valence-electron chi connectivity index (χ4n) is 4.12. The average Bonchev–Trinajstić information content (AvgIpc) is 3.19. The highest BCUT2D eigenvalue weighted by Crippen LogP contribution is 2.28. The van der Waals surface area contributed by atoms with Crippen molar-refractivity contribution < 1.29 is 14.4 Å². The molecule has 2 aromatic carbocycles. The predicted octanol–water partition coefficient (Wildman–Crippen LogP) is 2.36. The second kappa shape index (κ2) is 9.43. The lowest BCUT2D eigenvalue weighted by Gasteiger charge is -2.30. The zero-order chi connectivity index (χ0) is 21.8. The number of carbonyl (C=O) groups is 3. The van der Waals surface area contributed by atoms with Gasteiger partial charge >= 0.3 is 0 Å². The molecule has 7 nitrogen and oxygen atoms in total. The summed E-state index contributed by atoms with van der Waals surface area (Å²) in [6.45, 7) is 1.28. The van der Waals surface area contributed by atoms with Gasteiger partial charge in [-0.15, -0.1) is 11.8 Å². The lowest BCUT2D eigenvalue weighted by Crippen LogP contribution is -2.49. The first-order valence-corrected chi connectivity index (χ1v) is 11.6. The Balaban J connectivity index is 1.29. The summed E-state index contributed by atoms with van der Waals surface area (Å²) in [6, 6.07) is 15.8. The van der Waals surface area contributed by atoms with E-state index in [0.717, 1.165) is 35.7 Å². The summed E-state index contributed by atoms with van der Waals surface area (Å²) < 4.78 is 0. The van der Waals surface area contributed by atoms with Crippen LogP contribution in [0.2, 0.25) is 0 Å². The Hall–Kier alpha value is -3.00. The normalized spacial score (nSPS) is 18.0. The zero-order valence-electron chi connectivity index (χ0n) is 17.5. The molecule has 2 aromatic rings. The van der Waals surface area contributed by atoms with Crippen LogP contribution >= 0.6 is 11.8 Å². The molecule has 31 heavy (non-hydrogen) atoms. The van der Waals surface area contributed by atoms with Crippen LogP contribution in [0.25, 0.3) is 0 Å². The number of aryl methyl sites for hydroxylation is 1. The maximum absolute atomic E-state index is 12.5. The highest BCUT2D eigenvalue weighted by molar-refractivity contribution is 7.98. The quantitative estimate of drug-likeness (QED) is 0.553. The third-order valence-corrected chi connectivity index (χ3v) is 6.49. The van der Waals surface area contributed by atoms with E-state index in [1.807, 2.05) is 53.6 Å². The van der Waals surface area contributed by atoms with Gasteiger partial charge in [0.05, 0.1) is 12.5 Å². The number of anilines is 2. The molecule has 8 heteroatoms. The Labute approximate surface area is 186 Å². The van der Waals surface area contributed by atoms with Gasteiger partial charge in [0.15, 0.2) is 0 Å². The SMILES string of the molecule is CSc1ccc(N2CC(C(=O)NNC(=O)CN3CCCc4ccccc43)CC2=O)cc1. The van der Waals surface area contributed by atoms with Gasteiger partial charge in [-0.2, -0.15) is 0 Å². The monoisotopic (exact) mass is 438 g/mol. The maximum atomic E-state index is 12.5. The number of carbonyl (C=O) groups excluding carboxylic acids is 3. The molecule has 2 N–H and O–H groups in total. The molecule has 0 bridgehead atoms. The van der Waals surface area contributed by atoms with Crippen LogP contribution in [0, 0.1) is 5.92 Å². The summed E-state index contributed by atoms with van der Waals surface area (Å²) in [5, 5.41) is 0. The fraction of sp³-hybridized carbons (Fsp3) is 0.348. The topological polar surface area (TPSA) is 81.8 Å². The third kappa shape index (κ3) is 4.85. The zero-order valence-corrected chi connectivity index (χ0v) is 18.3. The van der Waals surface area contributed by atoms with E-state index in [-0.39, 0.29) is 30.7 Å². The molecule has 3 amide bonds. The van der Waals surface area contributed by atoms with E-state index in [1.54, 1.807) is 16.7 Å². The van der Waals surface area contributed by atoms with E-state index < -0.39 is 5.92 Å². The lowest BCUT2D eigenvalue weighted by molar-refractivity contribution is -0.130. The Kier molecular flexibility index (Phi) is 6.46. The second-order valence-electron chi connectivity index (χ2n) is 7.79. The molecular formula is C23H26N4O3S. The highest BCUT2D eigenvalue weighted by atomic mass is 32.2. The molecule has 2 heterocycles. The predicted molar refractivity (Wildman–Crippen MR) is 122 cm³/mol. The second-order valence-corrected chi connectivity index (χ2v) is 8.67. The Bertz CT molecular complexity index is 979. The van der Waals surface area contributed by atoms with Crippen LogP contribution < -0.4 is 20.7 Å². The molecule has 2 aliphatic heterocycles. The minimum atomic E-state index is -0.497. The summed E-state index contributed by atoms with van der Waals surface area (Å²) >= 11 is 1.63. The molecule has 162 valence electrons. The van der Waals surface area contributed by atoms with Crippen molar-refractivity contribution in [1.82, 2.24) is 10.9 Å². The molecule has 0 spiro atoms. The summed E-state index contributed by atoms with van der Waals surface area (Å²) in [5.74, 6) is -1.21. The van der Waals surface area contributed by atoms with Crippen LogP contribution in [-0.2, 0) is 20.8 Å². The summed E-state index contributed by atoms with van der Waals surface area (Å²) in [7, 11) is 0. The average molecular weight is 439 g/mol. The number of hydrazine groups is 1. The summed E-state index contributed by atoms with van der Waals surface area (Å²) in [6.07, 6.45) is 4.13. The Morgan fingerprint density at radius 3 is 2.65 bits per heavy atom. The summed E-state index contributed by atoms with van der Waals surface area (Å²) in [5.41, 5.74) is 8.10. The van der Waals surface area contributed by atoms with Crippen LogP contribution in [0.5, 0.6) is 0 Å². The largest absolute Gasteiger partial charge is 0.362 e. The van der Waals surface area contributed by atoms with Gasteiger partial charge in [-0.1, -0.05) is 18.2 Å². The molecule has 0 radical (unpaired) electrons. The Morgan fingerprint density at radius 1 is 1.10 bits per heavy atom. The van der Waals surface area contributed by atoms with E-state index in [4.69, 9.17) is 0 Å². The van der Waals surface area contributed by atoms with Gasteiger partial charge in [0.2, 0.25) is 11.8 Å². The molecule has 0 aromatic heterocycles. The number of nitrogens with one attached hydrogen (secondary N) is 2. The first-order valence-electron chi connectivity index (χ1n) is 10.4. The van der Waals surface area contributed by atoms with Gasteiger partial charge in [0.25, 0.3) is 5.91 Å². The number of rotatable bonds is 5. The number of nitrogens with zero attached hydrogens (tertiary/aromatic N) is 2. The minimum Gasteiger partial charge on any atom is -0.362 e. The minimum absolute atomic E-state index is 0.0895. The molecule has 0 aliphatic carbocycles. The van der Waals surface area contributed by atoms with Crippen molar-refractivity contribution in [3.63, 3.8) is 0 Å². The van der Waals surface area contributed by atoms with Gasteiger partial charge in [-0.25, -0.2) is 0 Å². The van der Waals surface area contributed by atoms with Crippen LogP contribution in [0.1, 0.15) is 18.4 Å². The van der Waals surface area contributed by atoms with Crippen molar-refractivity contribution in [1.29, 1.82) is 0 Å². The maximum Gasteiger partial charge on any atom is 0.257 e. The van der Waals surface area contributed by atoms with Crippen molar-refractivity contribution in [2.75, 3.05) is 35.7 Å². The van der Waals surface area contributed by atoms with Crippen molar-refractivity contribution in [2.45, 2.75) is 24.2 Å². The number of thioether (sulfide) groups is 1. The van der Waals surface area contributed by atoms with Gasteiger partial charge in [0, 0.05) is 35.8 Å². The third-order valence-electron chi connectivity index (χ3n) is 5.75. The molecule has 1 fully saturated rings.